The summed E-state index contributed by atoms with van der Waals surface area (Å²) in [5.41, 5.74) is 6.06. The summed E-state index contributed by atoms with van der Waals surface area (Å²) in [6.45, 7) is 6.11. The summed E-state index contributed by atoms with van der Waals surface area (Å²) in [5, 5.41) is 0. The average molecular weight is 153 g/mol. The van der Waals surface area contributed by atoms with Gasteiger partial charge in [0.25, 0.3) is 0 Å². The van der Waals surface area contributed by atoms with Crippen LogP contribution in [0.2, 0.25) is 0 Å². The molecule has 0 aromatic rings. The highest BCUT2D eigenvalue weighted by Gasteiger charge is 2.41. The molecule has 1 rings (SSSR count). The van der Waals surface area contributed by atoms with Crippen molar-refractivity contribution in [1.29, 1.82) is 0 Å². The topological polar surface area (TPSA) is 43.1 Å². The van der Waals surface area contributed by atoms with Gasteiger partial charge in [-0.3, -0.25) is 4.79 Å². The maximum atomic E-state index is 11.2. The van der Waals surface area contributed by atoms with E-state index in [1.54, 1.807) is 6.92 Å². The minimum absolute atomic E-state index is 0.239. The Morgan fingerprint density at radius 1 is 1.73 bits per heavy atom. The molecule has 62 valence electrons. The van der Waals surface area contributed by atoms with Gasteiger partial charge in [0, 0.05) is 5.92 Å². The lowest BCUT2D eigenvalue weighted by molar-refractivity contribution is -0.116. The minimum atomic E-state index is 0.239. The summed E-state index contributed by atoms with van der Waals surface area (Å²) in [4.78, 5) is 11.2. The predicted molar refractivity (Wildman–Crippen MR) is 45.1 cm³/mol. The molecule has 0 heterocycles. The molecule has 0 radical (unpaired) electrons. The maximum Gasteiger partial charge on any atom is 0.161 e. The molecule has 0 aromatic heterocycles. The quantitative estimate of drug-likeness (QED) is 0.615. The zero-order valence-corrected chi connectivity index (χ0v) is 6.97. The predicted octanol–water partition coefficient (Wildman–Crippen LogP) is 1.12. The van der Waals surface area contributed by atoms with Crippen LogP contribution in [0.4, 0.5) is 0 Å². The Kier molecular flexibility index (Phi) is 2.45. The van der Waals surface area contributed by atoms with Crippen molar-refractivity contribution in [2.24, 2.45) is 17.6 Å². The summed E-state index contributed by atoms with van der Waals surface area (Å²) in [5.74, 6) is 1.06. The highest BCUT2D eigenvalue weighted by molar-refractivity contribution is 5.97. The number of hydrogen-bond acceptors (Lipinski definition) is 2. The number of carbonyl (C=O) groups is 1. The van der Waals surface area contributed by atoms with Gasteiger partial charge in [-0.15, -0.1) is 0 Å². The number of hydrogen-bond donors (Lipinski definition) is 1. The van der Waals surface area contributed by atoms with E-state index < -0.39 is 0 Å². The number of carbonyl (C=O) groups excluding carboxylic acids is 1. The van der Waals surface area contributed by atoms with Crippen molar-refractivity contribution in [2.45, 2.75) is 19.8 Å². The van der Waals surface area contributed by atoms with E-state index in [0.717, 1.165) is 12.8 Å². The molecule has 0 bridgehead atoms. The molecule has 1 saturated carbocycles. The van der Waals surface area contributed by atoms with E-state index in [9.17, 15) is 4.79 Å². The van der Waals surface area contributed by atoms with Crippen LogP contribution in [0.15, 0.2) is 12.2 Å². The Labute approximate surface area is 67.5 Å². The van der Waals surface area contributed by atoms with Gasteiger partial charge in [-0.05, 0) is 37.8 Å². The van der Waals surface area contributed by atoms with Crippen LogP contribution >= 0.6 is 0 Å². The third-order valence-electron chi connectivity index (χ3n) is 2.22. The Hall–Kier alpha value is -0.630. The fraction of sp³-hybridized carbons (Fsp3) is 0.667. The zero-order valence-electron chi connectivity index (χ0n) is 6.97. The first-order chi connectivity index (χ1) is 5.16. The first-order valence-corrected chi connectivity index (χ1v) is 4.06. The molecule has 0 saturated heterocycles. The third-order valence-corrected chi connectivity index (χ3v) is 2.22. The van der Waals surface area contributed by atoms with Crippen molar-refractivity contribution in [3.63, 3.8) is 0 Å². The van der Waals surface area contributed by atoms with Gasteiger partial charge in [0.15, 0.2) is 5.78 Å². The molecule has 0 amide bonds. The van der Waals surface area contributed by atoms with Crippen LogP contribution in [0, 0.1) is 11.8 Å². The maximum absolute atomic E-state index is 11.2. The van der Waals surface area contributed by atoms with Gasteiger partial charge in [0.05, 0.1) is 0 Å². The molecule has 1 aliphatic rings. The molecular formula is C9H15NO. The van der Waals surface area contributed by atoms with E-state index in [-0.39, 0.29) is 11.7 Å². The molecule has 0 aromatic carbocycles. The fourth-order valence-electron chi connectivity index (χ4n) is 1.42. The Bertz CT molecular complexity index is 186. The van der Waals surface area contributed by atoms with Crippen molar-refractivity contribution < 1.29 is 4.79 Å². The molecule has 0 aliphatic heterocycles. The van der Waals surface area contributed by atoms with Crippen LogP contribution in [-0.4, -0.2) is 12.3 Å². The van der Waals surface area contributed by atoms with Crippen molar-refractivity contribution in [3.8, 4) is 0 Å². The summed E-state index contributed by atoms with van der Waals surface area (Å²) in [7, 11) is 0. The van der Waals surface area contributed by atoms with Gasteiger partial charge in [0.1, 0.15) is 0 Å². The summed E-state index contributed by atoms with van der Waals surface area (Å²) in [6.07, 6.45) is 2.02. The first-order valence-electron chi connectivity index (χ1n) is 4.06. The second-order valence-electron chi connectivity index (χ2n) is 3.32. The smallest absolute Gasteiger partial charge is 0.161 e. The second kappa shape index (κ2) is 3.18. The van der Waals surface area contributed by atoms with Crippen LogP contribution in [0.5, 0.6) is 0 Å². The number of allylic oxidation sites excluding steroid dienone is 1. The largest absolute Gasteiger partial charge is 0.330 e. The number of nitrogens with two attached hydrogens (primary N) is 1. The second-order valence-corrected chi connectivity index (χ2v) is 3.32. The van der Waals surface area contributed by atoms with E-state index in [1.165, 1.54) is 0 Å². The fourth-order valence-corrected chi connectivity index (χ4v) is 1.42. The summed E-state index contributed by atoms with van der Waals surface area (Å²) < 4.78 is 0. The van der Waals surface area contributed by atoms with Crippen molar-refractivity contribution in [2.75, 3.05) is 6.54 Å². The van der Waals surface area contributed by atoms with Crippen LogP contribution < -0.4 is 5.73 Å². The zero-order chi connectivity index (χ0) is 8.43. The van der Waals surface area contributed by atoms with Crippen LogP contribution in [-0.2, 0) is 4.79 Å². The van der Waals surface area contributed by atoms with Crippen LogP contribution in [0.1, 0.15) is 19.8 Å². The molecule has 2 nitrogen and oxygen atoms in total. The van der Waals surface area contributed by atoms with E-state index in [0.29, 0.717) is 18.0 Å². The van der Waals surface area contributed by atoms with Crippen molar-refractivity contribution >= 4 is 5.78 Å². The normalized spacial score (nSPS) is 28.2. The van der Waals surface area contributed by atoms with E-state index in [1.807, 2.05) is 0 Å². The highest BCUT2D eigenvalue weighted by Crippen LogP contribution is 2.42. The van der Waals surface area contributed by atoms with Gasteiger partial charge in [-0.25, -0.2) is 0 Å². The first kappa shape index (κ1) is 8.47. The number of ketones is 1. The average Bonchev–Trinajstić information content (AvgIpc) is 2.67. The monoisotopic (exact) mass is 153 g/mol. The van der Waals surface area contributed by atoms with E-state index in [4.69, 9.17) is 5.73 Å². The molecule has 2 atom stereocenters. The van der Waals surface area contributed by atoms with E-state index >= 15 is 0 Å². The van der Waals surface area contributed by atoms with Gasteiger partial charge >= 0.3 is 0 Å². The molecule has 1 aliphatic carbocycles. The Morgan fingerprint density at radius 3 is 2.82 bits per heavy atom. The molecule has 0 spiro atoms. The summed E-state index contributed by atoms with van der Waals surface area (Å²) in [6, 6.07) is 0. The molecule has 1 unspecified atom stereocenters. The van der Waals surface area contributed by atoms with Crippen molar-refractivity contribution in [1.82, 2.24) is 0 Å². The molecule has 2 N–H and O–H groups in total. The highest BCUT2D eigenvalue weighted by atomic mass is 16.1. The SMILES string of the molecule is C=C(C)C(=O)[C@H]1CC1CCN. The van der Waals surface area contributed by atoms with Crippen molar-refractivity contribution in [3.05, 3.63) is 12.2 Å². The lowest BCUT2D eigenvalue weighted by atomic mass is 10.1. The third kappa shape index (κ3) is 1.90. The number of rotatable bonds is 4. The lowest BCUT2D eigenvalue weighted by Gasteiger charge is -1.96. The van der Waals surface area contributed by atoms with Gasteiger partial charge in [-0.2, -0.15) is 0 Å². The Morgan fingerprint density at radius 2 is 2.36 bits per heavy atom. The molecular weight excluding hydrogens is 138 g/mol. The van der Waals surface area contributed by atoms with Gasteiger partial charge < -0.3 is 5.73 Å². The molecule has 2 heteroatoms. The minimum Gasteiger partial charge on any atom is -0.330 e. The van der Waals surface area contributed by atoms with Gasteiger partial charge in [0.2, 0.25) is 0 Å². The Balaban J connectivity index is 2.32. The molecule has 11 heavy (non-hydrogen) atoms. The standard InChI is InChI=1S/C9H15NO/c1-6(2)9(11)8-5-7(8)3-4-10/h7-8H,1,3-5,10H2,2H3/t7?,8-/m0/s1. The number of Topliss-reactive ketones (excluding diaryl/α,β-unsaturated/α-hetero) is 1. The van der Waals surface area contributed by atoms with Gasteiger partial charge in [-0.1, -0.05) is 6.58 Å². The van der Waals surface area contributed by atoms with E-state index in [2.05, 4.69) is 6.58 Å². The molecule has 1 fully saturated rings. The van der Waals surface area contributed by atoms with Crippen LogP contribution in [0.3, 0.4) is 0 Å². The lowest BCUT2D eigenvalue weighted by Crippen LogP contribution is -2.06. The van der Waals surface area contributed by atoms with Crippen LogP contribution in [0.25, 0.3) is 0 Å². The summed E-state index contributed by atoms with van der Waals surface area (Å²) >= 11 is 0.